The topological polar surface area (TPSA) is 84.3 Å². The monoisotopic (exact) mass is 277 g/mol. The minimum absolute atomic E-state index is 0.00554. The van der Waals surface area contributed by atoms with Crippen molar-refractivity contribution < 1.29 is 9.72 Å². The van der Waals surface area contributed by atoms with Crippen molar-refractivity contribution in [3.8, 4) is 0 Å². The normalized spacial score (nSPS) is 22.2. The number of nitrogens with zero attached hydrogens (tertiary/aromatic N) is 1. The van der Waals surface area contributed by atoms with Gasteiger partial charge >= 0.3 is 0 Å². The average molecular weight is 277 g/mol. The highest BCUT2D eigenvalue weighted by Gasteiger charge is 2.24. The molecule has 0 spiro atoms. The Balaban J connectivity index is 1.95. The van der Waals surface area contributed by atoms with Crippen molar-refractivity contribution in [1.29, 1.82) is 0 Å². The van der Waals surface area contributed by atoms with Crippen molar-refractivity contribution in [3.05, 3.63) is 39.9 Å². The fourth-order valence-corrected chi connectivity index (χ4v) is 2.54. The second kappa shape index (κ2) is 6.47. The minimum atomic E-state index is -0.423. The molecular formula is C14H19N3O3. The first-order valence-corrected chi connectivity index (χ1v) is 6.81. The lowest BCUT2D eigenvalue weighted by molar-refractivity contribution is -0.385. The standard InChI is InChI=1S/C14H19N3O3/c1-10-8-11(6-7-15-10)14(18)16-9-12-4-2-3-5-13(12)17(19)20/h2-5,10-11,15H,6-9H2,1H3,(H,16,18)/t10-,11-/m0/s1. The SMILES string of the molecule is C[C@H]1C[C@@H](C(=O)NCc2ccccc2[N+](=O)[O-])CCN1. The largest absolute Gasteiger partial charge is 0.352 e. The van der Waals surface area contributed by atoms with E-state index >= 15 is 0 Å². The van der Waals surface area contributed by atoms with Gasteiger partial charge < -0.3 is 10.6 Å². The molecule has 1 heterocycles. The Morgan fingerprint density at radius 3 is 2.95 bits per heavy atom. The highest BCUT2D eigenvalue weighted by molar-refractivity contribution is 5.78. The van der Waals surface area contributed by atoms with Gasteiger partial charge in [-0.15, -0.1) is 0 Å². The van der Waals surface area contributed by atoms with Gasteiger partial charge in [-0.3, -0.25) is 14.9 Å². The number of benzene rings is 1. The zero-order chi connectivity index (χ0) is 14.5. The van der Waals surface area contributed by atoms with E-state index in [0.717, 1.165) is 19.4 Å². The number of amides is 1. The molecule has 108 valence electrons. The maximum Gasteiger partial charge on any atom is 0.274 e. The number of piperidine rings is 1. The van der Waals surface area contributed by atoms with E-state index < -0.39 is 4.92 Å². The van der Waals surface area contributed by atoms with Crippen LogP contribution in [0.4, 0.5) is 5.69 Å². The molecule has 1 aliphatic rings. The first kappa shape index (κ1) is 14.5. The van der Waals surface area contributed by atoms with E-state index in [1.54, 1.807) is 18.2 Å². The number of carbonyl (C=O) groups is 1. The summed E-state index contributed by atoms with van der Waals surface area (Å²) < 4.78 is 0. The number of para-hydroxylation sites is 1. The van der Waals surface area contributed by atoms with E-state index in [0.29, 0.717) is 11.6 Å². The smallest absolute Gasteiger partial charge is 0.274 e. The third-order valence-electron chi connectivity index (χ3n) is 3.64. The fourth-order valence-electron chi connectivity index (χ4n) is 2.54. The van der Waals surface area contributed by atoms with Crippen LogP contribution in [0.2, 0.25) is 0 Å². The zero-order valence-corrected chi connectivity index (χ0v) is 11.5. The van der Waals surface area contributed by atoms with Crippen LogP contribution in [-0.4, -0.2) is 23.4 Å². The molecule has 0 radical (unpaired) electrons. The molecule has 0 aromatic heterocycles. The molecule has 1 amide bonds. The lowest BCUT2D eigenvalue weighted by Gasteiger charge is -2.27. The molecule has 1 saturated heterocycles. The molecule has 2 N–H and O–H groups in total. The molecule has 2 atom stereocenters. The van der Waals surface area contributed by atoms with Crippen LogP contribution in [-0.2, 0) is 11.3 Å². The summed E-state index contributed by atoms with van der Waals surface area (Å²) in [6.07, 6.45) is 1.62. The van der Waals surface area contributed by atoms with Gasteiger partial charge in [0.25, 0.3) is 5.69 Å². The second-order valence-corrected chi connectivity index (χ2v) is 5.18. The van der Waals surface area contributed by atoms with Crippen LogP contribution in [0.1, 0.15) is 25.3 Å². The molecule has 6 heteroatoms. The van der Waals surface area contributed by atoms with E-state index in [1.165, 1.54) is 6.07 Å². The van der Waals surface area contributed by atoms with Gasteiger partial charge in [-0.1, -0.05) is 18.2 Å². The number of carbonyl (C=O) groups excluding carboxylic acids is 1. The van der Waals surface area contributed by atoms with Gasteiger partial charge in [0.05, 0.1) is 4.92 Å². The summed E-state index contributed by atoms with van der Waals surface area (Å²) in [5, 5.41) is 17.0. The lowest BCUT2D eigenvalue weighted by atomic mass is 9.92. The van der Waals surface area contributed by atoms with Crippen molar-refractivity contribution in [1.82, 2.24) is 10.6 Å². The van der Waals surface area contributed by atoms with Gasteiger partial charge in [0, 0.05) is 30.1 Å². The van der Waals surface area contributed by atoms with Gasteiger partial charge in [0.1, 0.15) is 0 Å². The molecule has 20 heavy (non-hydrogen) atoms. The Morgan fingerprint density at radius 1 is 1.50 bits per heavy atom. The molecule has 1 aromatic rings. The van der Waals surface area contributed by atoms with Gasteiger partial charge in [0.15, 0.2) is 0 Å². The summed E-state index contributed by atoms with van der Waals surface area (Å²) in [6, 6.07) is 6.82. The highest BCUT2D eigenvalue weighted by atomic mass is 16.6. The van der Waals surface area contributed by atoms with Crippen LogP contribution in [0, 0.1) is 16.0 Å². The number of hydrogen-bond acceptors (Lipinski definition) is 4. The van der Waals surface area contributed by atoms with Crippen LogP contribution < -0.4 is 10.6 Å². The number of rotatable bonds is 4. The third-order valence-corrected chi connectivity index (χ3v) is 3.64. The highest BCUT2D eigenvalue weighted by Crippen LogP contribution is 2.19. The van der Waals surface area contributed by atoms with Gasteiger partial charge in [0.2, 0.25) is 5.91 Å². The lowest BCUT2D eigenvalue weighted by Crippen LogP contribution is -2.42. The molecule has 1 fully saturated rings. The minimum Gasteiger partial charge on any atom is -0.352 e. The molecular weight excluding hydrogens is 258 g/mol. The molecule has 1 aromatic carbocycles. The van der Waals surface area contributed by atoms with Crippen molar-refractivity contribution in [2.24, 2.45) is 5.92 Å². The maximum atomic E-state index is 12.1. The summed E-state index contributed by atoms with van der Waals surface area (Å²) >= 11 is 0. The van der Waals surface area contributed by atoms with E-state index in [2.05, 4.69) is 17.6 Å². The predicted octanol–water partition coefficient (Wildman–Crippen LogP) is 1.60. The van der Waals surface area contributed by atoms with Crippen molar-refractivity contribution in [3.63, 3.8) is 0 Å². The number of nitro groups is 1. The summed E-state index contributed by atoms with van der Waals surface area (Å²) in [4.78, 5) is 22.6. The van der Waals surface area contributed by atoms with Crippen LogP contribution in [0.5, 0.6) is 0 Å². The number of nitrogens with one attached hydrogen (secondary N) is 2. The quantitative estimate of drug-likeness (QED) is 0.646. The molecule has 0 bridgehead atoms. The van der Waals surface area contributed by atoms with E-state index in [4.69, 9.17) is 0 Å². The Hall–Kier alpha value is -1.95. The second-order valence-electron chi connectivity index (χ2n) is 5.18. The third kappa shape index (κ3) is 3.54. The zero-order valence-electron chi connectivity index (χ0n) is 11.5. The van der Waals surface area contributed by atoms with Gasteiger partial charge in [-0.2, -0.15) is 0 Å². The van der Waals surface area contributed by atoms with Gasteiger partial charge in [-0.05, 0) is 26.3 Å². The van der Waals surface area contributed by atoms with Crippen molar-refractivity contribution in [2.45, 2.75) is 32.4 Å². The molecule has 0 unspecified atom stereocenters. The van der Waals surface area contributed by atoms with Gasteiger partial charge in [-0.25, -0.2) is 0 Å². The molecule has 0 saturated carbocycles. The Kier molecular flexibility index (Phi) is 4.68. The van der Waals surface area contributed by atoms with Crippen molar-refractivity contribution >= 4 is 11.6 Å². The molecule has 0 aliphatic carbocycles. The van der Waals surface area contributed by atoms with Crippen LogP contribution in [0.25, 0.3) is 0 Å². The fraction of sp³-hybridized carbons (Fsp3) is 0.500. The summed E-state index contributed by atoms with van der Waals surface area (Å²) in [7, 11) is 0. The van der Waals surface area contributed by atoms with Crippen LogP contribution in [0.15, 0.2) is 24.3 Å². The Labute approximate surface area is 117 Å². The number of nitro benzene ring substituents is 1. The van der Waals surface area contributed by atoms with Crippen LogP contribution >= 0.6 is 0 Å². The van der Waals surface area contributed by atoms with E-state index in [1.807, 2.05) is 0 Å². The predicted molar refractivity (Wildman–Crippen MR) is 75.1 cm³/mol. The van der Waals surface area contributed by atoms with E-state index in [-0.39, 0.29) is 24.1 Å². The average Bonchev–Trinajstić information content (AvgIpc) is 2.45. The van der Waals surface area contributed by atoms with E-state index in [9.17, 15) is 14.9 Å². The summed E-state index contributed by atoms with van der Waals surface area (Å²) in [6.45, 7) is 3.10. The Morgan fingerprint density at radius 2 is 2.25 bits per heavy atom. The Bertz CT molecular complexity index is 504. The summed E-state index contributed by atoms with van der Waals surface area (Å²) in [5.74, 6) is -0.0227. The first-order valence-electron chi connectivity index (χ1n) is 6.81. The molecule has 6 nitrogen and oxygen atoms in total. The van der Waals surface area contributed by atoms with Crippen LogP contribution in [0.3, 0.4) is 0 Å². The first-order chi connectivity index (χ1) is 9.58. The molecule has 2 rings (SSSR count). The maximum absolute atomic E-state index is 12.1. The summed E-state index contributed by atoms with van der Waals surface area (Å²) in [5.41, 5.74) is 0.583. The van der Waals surface area contributed by atoms with Crippen molar-refractivity contribution in [2.75, 3.05) is 6.54 Å². The number of hydrogen-bond donors (Lipinski definition) is 2. The molecule has 1 aliphatic heterocycles.